The van der Waals surface area contributed by atoms with Gasteiger partial charge in [0.05, 0.1) is 33.9 Å². The van der Waals surface area contributed by atoms with Gasteiger partial charge in [0.1, 0.15) is 5.75 Å². The molecule has 29 heavy (non-hydrogen) atoms. The highest BCUT2D eigenvalue weighted by Crippen LogP contribution is 2.40. The summed E-state index contributed by atoms with van der Waals surface area (Å²) < 4.78 is 21.4. The lowest BCUT2D eigenvalue weighted by Gasteiger charge is -2.24. The maximum Gasteiger partial charge on any atom is 0.234 e. The third-order valence-electron chi connectivity index (χ3n) is 5.05. The van der Waals surface area contributed by atoms with Gasteiger partial charge in [-0.2, -0.15) is 0 Å². The summed E-state index contributed by atoms with van der Waals surface area (Å²) in [5.41, 5.74) is 1.55. The number of ether oxygens (including phenoxy) is 4. The molecule has 3 aromatic rings. The second-order valence-electron chi connectivity index (χ2n) is 7.11. The Kier molecular flexibility index (Phi) is 5.59. The Labute approximate surface area is 169 Å². The minimum absolute atomic E-state index is 0.171. The zero-order valence-electron chi connectivity index (χ0n) is 17.5. The van der Waals surface area contributed by atoms with Gasteiger partial charge in [-0.15, -0.1) is 0 Å². The van der Waals surface area contributed by atoms with Crippen molar-refractivity contribution >= 4 is 22.5 Å². The van der Waals surface area contributed by atoms with Crippen LogP contribution in [0.4, 0.5) is 5.69 Å². The molecule has 1 heterocycles. The molecule has 0 bridgehead atoms. The Morgan fingerprint density at radius 2 is 1.59 bits per heavy atom. The van der Waals surface area contributed by atoms with E-state index < -0.39 is 5.41 Å². The van der Waals surface area contributed by atoms with Crippen molar-refractivity contribution in [3.63, 3.8) is 0 Å². The maximum atomic E-state index is 13.2. The van der Waals surface area contributed by atoms with Crippen molar-refractivity contribution in [2.24, 2.45) is 0 Å². The van der Waals surface area contributed by atoms with Gasteiger partial charge in [0.15, 0.2) is 11.5 Å². The van der Waals surface area contributed by atoms with Crippen molar-refractivity contribution in [1.29, 1.82) is 0 Å². The highest BCUT2D eigenvalue weighted by molar-refractivity contribution is 6.02. The van der Waals surface area contributed by atoms with Crippen molar-refractivity contribution in [3.05, 3.63) is 42.1 Å². The number of carbonyl (C=O) groups excluding carboxylic acids is 1. The topological polar surface area (TPSA) is 81.8 Å². The van der Waals surface area contributed by atoms with E-state index in [1.54, 1.807) is 19.2 Å². The monoisotopic (exact) mass is 398 g/mol. The van der Waals surface area contributed by atoms with Gasteiger partial charge < -0.3 is 29.2 Å². The highest BCUT2D eigenvalue weighted by Gasteiger charge is 2.33. The molecule has 1 amide bonds. The third-order valence-corrected chi connectivity index (χ3v) is 5.05. The molecule has 3 rings (SSSR count). The third kappa shape index (κ3) is 3.68. The minimum atomic E-state index is -0.814. The number of carbonyl (C=O) groups is 1. The molecular formula is C22H26N2O5. The summed E-state index contributed by atoms with van der Waals surface area (Å²) in [6.45, 7) is 3.75. The Balaban J connectivity index is 1.96. The van der Waals surface area contributed by atoms with E-state index in [0.717, 1.165) is 22.2 Å². The summed E-state index contributed by atoms with van der Waals surface area (Å²) in [7, 11) is 6.22. The molecule has 7 nitrogen and oxygen atoms in total. The highest BCUT2D eigenvalue weighted by atomic mass is 16.5. The summed E-state index contributed by atoms with van der Waals surface area (Å²) in [6.07, 6.45) is 1.86. The van der Waals surface area contributed by atoms with Gasteiger partial charge in [0, 0.05) is 34.9 Å². The largest absolute Gasteiger partial charge is 0.497 e. The van der Waals surface area contributed by atoms with Crippen LogP contribution in [0, 0.1) is 0 Å². The summed E-state index contributed by atoms with van der Waals surface area (Å²) in [5, 5.41) is 3.90. The van der Waals surface area contributed by atoms with E-state index in [0.29, 0.717) is 22.9 Å². The lowest BCUT2D eigenvalue weighted by atomic mass is 9.83. The molecule has 0 spiro atoms. The number of anilines is 1. The molecule has 0 radical (unpaired) electrons. The average molecular weight is 398 g/mol. The van der Waals surface area contributed by atoms with Crippen LogP contribution in [0.5, 0.6) is 23.0 Å². The van der Waals surface area contributed by atoms with Crippen molar-refractivity contribution < 1.29 is 23.7 Å². The fraction of sp³-hybridized carbons (Fsp3) is 0.318. The summed E-state index contributed by atoms with van der Waals surface area (Å²) in [5.74, 6) is 1.97. The van der Waals surface area contributed by atoms with Gasteiger partial charge in [0.25, 0.3) is 0 Å². The average Bonchev–Trinajstić information content (AvgIpc) is 3.16. The predicted molar refractivity (Wildman–Crippen MR) is 113 cm³/mol. The van der Waals surface area contributed by atoms with E-state index in [9.17, 15) is 4.79 Å². The maximum absolute atomic E-state index is 13.2. The fourth-order valence-corrected chi connectivity index (χ4v) is 3.31. The molecule has 1 aromatic heterocycles. The van der Waals surface area contributed by atoms with Crippen LogP contribution in [0.3, 0.4) is 0 Å². The van der Waals surface area contributed by atoms with E-state index in [2.05, 4.69) is 10.3 Å². The summed E-state index contributed by atoms with van der Waals surface area (Å²) >= 11 is 0. The number of rotatable bonds is 7. The first-order valence-corrected chi connectivity index (χ1v) is 9.12. The lowest BCUT2D eigenvalue weighted by molar-refractivity contribution is -0.120. The molecular weight excluding hydrogens is 372 g/mol. The normalized spacial score (nSPS) is 11.2. The lowest BCUT2D eigenvalue weighted by Crippen LogP contribution is -2.34. The van der Waals surface area contributed by atoms with Crippen molar-refractivity contribution in [2.75, 3.05) is 33.8 Å². The predicted octanol–water partition coefficient (Wildman–Crippen LogP) is 4.12. The van der Waals surface area contributed by atoms with Gasteiger partial charge in [0.2, 0.25) is 11.7 Å². The molecule has 0 aliphatic carbocycles. The van der Waals surface area contributed by atoms with E-state index in [1.165, 1.54) is 21.3 Å². The number of aromatic nitrogens is 1. The van der Waals surface area contributed by atoms with Gasteiger partial charge >= 0.3 is 0 Å². The Bertz CT molecular complexity index is 1010. The van der Waals surface area contributed by atoms with E-state index in [1.807, 2.05) is 38.2 Å². The zero-order valence-corrected chi connectivity index (χ0v) is 17.5. The van der Waals surface area contributed by atoms with Crippen LogP contribution < -0.4 is 24.3 Å². The molecule has 2 N–H and O–H groups in total. The number of hydrogen-bond acceptors (Lipinski definition) is 5. The van der Waals surface area contributed by atoms with Crippen LogP contribution in [-0.2, 0) is 10.2 Å². The molecule has 7 heteroatoms. The van der Waals surface area contributed by atoms with Gasteiger partial charge in [-0.05, 0) is 37.6 Å². The SMILES string of the molecule is COc1ccc2[nH]cc(C(C)(C)C(=O)Nc3cc(OC)c(OC)c(OC)c3)c2c1. The quantitative estimate of drug-likeness (QED) is 0.626. The van der Waals surface area contributed by atoms with Gasteiger partial charge in [-0.25, -0.2) is 0 Å². The van der Waals surface area contributed by atoms with Crippen LogP contribution >= 0.6 is 0 Å². The number of methoxy groups -OCH3 is 4. The Morgan fingerprint density at radius 3 is 2.14 bits per heavy atom. The number of aromatic amines is 1. The molecule has 0 saturated heterocycles. The first kappa shape index (κ1) is 20.4. The standard InChI is InChI=1S/C22H26N2O5/c1-22(2,16-12-23-17-8-7-14(26-3)11-15(16)17)21(25)24-13-9-18(27-4)20(29-6)19(10-13)28-5/h7-12,23H,1-6H3,(H,24,25). The number of nitrogens with one attached hydrogen (secondary N) is 2. The molecule has 0 saturated carbocycles. The minimum Gasteiger partial charge on any atom is -0.497 e. The van der Waals surface area contributed by atoms with E-state index in [4.69, 9.17) is 18.9 Å². The van der Waals surface area contributed by atoms with Crippen LogP contribution in [0.25, 0.3) is 10.9 Å². The molecule has 0 unspecified atom stereocenters. The molecule has 0 atom stereocenters. The second kappa shape index (κ2) is 7.95. The summed E-state index contributed by atoms with van der Waals surface area (Å²) in [4.78, 5) is 16.4. The van der Waals surface area contributed by atoms with E-state index in [-0.39, 0.29) is 5.91 Å². The number of fused-ring (bicyclic) bond motifs is 1. The zero-order chi connectivity index (χ0) is 21.2. The van der Waals surface area contributed by atoms with Crippen molar-refractivity contribution in [1.82, 2.24) is 4.98 Å². The van der Waals surface area contributed by atoms with Crippen LogP contribution in [0.2, 0.25) is 0 Å². The van der Waals surface area contributed by atoms with Crippen molar-refractivity contribution in [2.45, 2.75) is 19.3 Å². The fourth-order valence-electron chi connectivity index (χ4n) is 3.31. The first-order valence-electron chi connectivity index (χ1n) is 9.12. The molecule has 0 fully saturated rings. The van der Waals surface area contributed by atoms with Crippen LogP contribution in [0.1, 0.15) is 19.4 Å². The van der Waals surface area contributed by atoms with Crippen LogP contribution in [-0.4, -0.2) is 39.3 Å². The molecule has 0 aliphatic heterocycles. The number of benzene rings is 2. The second-order valence-corrected chi connectivity index (χ2v) is 7.11. The molecule has 154 valence electrons. The number of amides is 1. The molecule has 0 aliphatic rings. The van der Waals surface area contributed by atoms with Crippen LogP contribution in [0.15, 0.2) is 36.5 Å². The summed E-state index contributed by atoms with van der Waals surface area (Å²) in [6, 6.07) is 9.15. The Hall–Kier alpha value is -3.35. The van der Waals surface area contributed by atoms with Gasteiger partial charge in [-0.1, -0.05) is 0 Å². The van der Waals surface area contributed by atoms with Crippen molar-refractivity contribution in [3.8, 4) is 23.0 Å². The number of hydrogen-bond donors (Lipinski definition) is 2. The van der Waals surface area contributed by atoms with E-state index >= 15 is 0 Å². The van der Waals surface area contributed by atoms with Gasteiger partial charge in [-0.3, -0.25) is 4.79 Å². The smallest absolute Gasteiger partial charge is 0.234 e. The first-order chi connectivity index (χ1) is 13.8. The molecule has 2 aromatic carbocycles. The number of H-pyrrole nitrogens is 1. The Morgan fingerprint density at radius 1 is 0.931 bits per heavy atom.